The number of rotatable bonds is 3. The lowest BCUT2D eigenvalue weighted by Crippen LogP contribution is -2.40. The molecule has 1 unspecified atom stereocenters. The van der Waals surface area contributed by atoms with Gasteiger partial charge in [0.05, 0.1) is 5.25 Å². The first kappa shape index (κ1) is 16.5. The van der Waals surface area contributed by atoms with Crippen LogP contribution in [0.3, 0.4) is 0 Å². The quantitative estimate of drug-likeness (QED) is 0.633. The summed E-state index contributed by atoms with van der Waals surface area (Å²) in [6, 6.07) is 13.6. The van der Waals surface area contributed by atoms with Crippen LogP contribution in [-0.4, -0.2) is 27.6 Å². The maximum absolute atomic E-state index is 12.8. The smallest absolute Gasteiger partial charge is 0.257 e. The number of carbonyl (C=O) groups excluding carboxylic acids is 1. The summed E-state index contributed by atoms with van der Waals surface area (Å²) >= 11 is 7.32. The van der Waals surface area contributed by atoms with Crippen molar-refractivity contribution >= 4 is 40.4 Å². The van der Waals surface area contributed by atoms with Crippen LogP contribution in [0.5, 0.6) is 0 Å². The standard InChI is InChI=1S/C19H17ClN2O2S/c1-12(25-19-21-16-10-15(20)6-7-17(16)24-19)18(23)22-9-8-13-4-2-3-5-14(13)11-22/h2-7,10,12H,8-9,11H2,1H3. The van der Waals surface area contributed by atoms with Crippen molar-refractivity contribution in [3.05, 3.63) is 58.6 Å². The average molecular weight is 373 g/mol. The lowest BCUT2D eigenvalue weighted by Gasteiger charge is -2.30. The number of thioether (sulfide) groups is 1. The SMILES string of the molecule is CC(Sc1nc2cc(Cl)ccc2o1)C(=O)N1CCc2ccccc2C1. The summed E-state index contributed by atoms with van der Waals surface area (Å²) in [4.78, 5) is 19.1. The predicted octanol–water partition coefficient (Wildman–Crippen LogP) is 4.55. The fourth-order valence-electron chi connectivity index (χ4n) is 3.07. The number of oxazole rings is 1. The van der Waals surface area contributed by atoms with Gasteiger partial charge in [0.2, 0.25) is 5.91 Å². The summed E-state index contributed by atoms with van der Waals surface area (Å²) in [5.74, 6) is 0.111. The second-order valence-corrected chi connectivity index (χ2v) is 7.86. The molecule has 4 rings (SSSR count). The molecule has 0 N–H and O–H groups in total. The molecule has 1 aliphatic rings. The molecular weight excluding hydrogens is 356 g/mol. The maximum atomic E-state index is 12.8. The van der Waals surface area contributed by atoms with E-state index in [1.807, 2.05) is 24.0 Å². The van der Waals surface area contributed by atoms with Gasteiger partial charge in [0.25, 0.3) is 5.22 Å². The molecule has 128 valence electrons. The van der Waals surface area contributed by atoms with E-state index in [-0.39, 0.29) is 11.2 Å². The molecule has 1 aliphatic heterocycles. The van der Waals surface area contributed by atoms with Crippen molar-refractivity contribution < 1.29 is 9.21 Å². The highest BCUT2D eigenvalue weighted by atomic mass is 35.5. The number of hydrogen-bond donors (Lipinski definition) is 0. The number of hydrogen-bond acceptors (Lipinski definition) is 4. The van der Waals surface area contributed by atoms with Crippen LogP contribution in [0.25, 0.3) is 11.1 Å². The Kier molecular flexibility index (Phi) is 4.44. The van der Waals surface area contributed by atoms with Gasteiger partial charge in [-0.2, -0.15) is 0 Å². The van der Waals surface area contributed by atoms with Crippen molar-refractivity contribution in [2.75, 3.05) is 6.54 Å². The molecule has 0 saturated heterocycles. The summed E-state index contributed by atoms with van der Waals surface area (Å²) < 4.78 is 5.71. The van der Waals surface area contributed by atoms with Gasteiger partial charge in [0.1, 0.15) is 5.52 Å². The van der Waals surface area contributed by atoms with Crippen LogP contribution in [0, 0.1) is 0 Å². The molecule has 2 heterocycles. The highest BCUT2D eigenvalue weighted by molar-refractivity contribution is 8.00. The van der Waals surface area contributed by atoms with Gasteiger partial charge in [-0.05, 0) is 42.7 Å². The Hall–Kier alpha value is -1.98. The molecule has 6 heteroatoms. The zero-order valence-corrected chi connectivity index (χ0v) is 15.3. The van der Waals surface area contributed by atoms with E-state index in [0.29, 0.717) is 27.9 Å². The lowest BCUT2D eigenvalue weighted by atomic mass is 10.00. The molecule has 1 amide bonds. The molecule has 25 heavy (non-hydrogen) atoms. The van der Waals surface area contributed by atoms with Gasteiger partial charge >= 0.3 is 0 Å². The molecule has 0 radical (unpaired) electrons. The zero-order chi connectivity index (χ0) is 17.4. The number of fused-ring (bicyclic) bond motifs is 2. The summed E-state index contributed by atoms with van der Waals surface area (Å²) in [7, 11) is 0. The first-order chi connectivity index (χ1) is 12.1. The average Bonchev–Trinajstić information content (AvgIpc) is 3.01. The van der Waals surface area contributed by atoms with Gasteiger partial charge < -0.3 is 9.32 Å². The molecule has 4 nitrogen and oxygen atoms in total. The molecule has 0 saturated carbocycles. The van der Waals surface area contributed by atoms with Crippen LogP contribution in [0.1, 0.15) is 18.1 Å². The third-order valence-corrected chi connectivity index (χ3v) is 5.56. The fourth-order valence-corrected chi connectivity index (χ4v) is 4.08. The highest BCUT2D eigenvalue weighted by Crippen LogP contribution is 2.30. The van der Waals surface area contributed by atoms with E-state index in [2.05, 4.69) is 17.1 Å². The van der Waals surface area contributed by atoms with Gasteiger partial charge in [0.15, 0.2) is 5.58 Å². The highest BCUT2D eigenvalue weighted by Gasteiger charge is 2.26. The minimum Gasteiger partial charge on any atom is -0.431 e. The molecule has 3 aromatic rings. The Balaban J connectivity index is 1.47. The van der Waals surface area contributed by atoms with E-state index in [9.17, 15) is 4.79 Å². The van der Waals surface area contributed by atoms with Crippen molar-refractivity contribution in [1.29, 1.82) is 0 Å². The van der Waals surface area contributed by atoms with Gasteiger partial charge in [-0.1, -0.05) is 47.6 Å². The molecule has 0 spiro atoms. The number of benzene rings is 2. The normalized spacial score (nSPS) is 15.2. The molecule has 0 fully saturated rings. The molecule has 1 atom stereocenters. The first-order valence-corrected chi connectivity index (χ1v) is 9.44. The van der Waals surface area contributed by atoms with E-state index in [1.54, 1.807) is 18.2 Å². The zero-order valence-electron chi connectivity index (χ0n) is 13.7. The molecule has 2 aromatic carbocycles. The molecule has 0 aliphatic carbocycles. The van der Waals surface area contributed by atoms with Crippen LogP contribution in [0.15, 0.2) is 52.1 Å². The Bertz CT molecular complexity index is 940. The van der Waals surface area contributed by atoms with Crippen molar-refractivity contribution in [3.63, 3.8) is 0 Å². The second-order valence-electron chi connectivity index (χ2n) is 6.13. The summed E-state index contributed by atoms with van der Waals surface area (Å²) in [6.45, 7) is 3.32. The third-order valence-electron chi connectivity index (χ3n) is 4.40. The maximum Gasteiger partial charge on any atom is 0.257 e. The van der Waals surface area contributed by atoms with E-state index in [0.717, 1.165) is 13.0 Å². The Morgan fingerprint density at radius 3 is 2.92 bits per heavy atom. The number of halogens is 1. The van der Waals surface area contributed by atoms with Crippen LogP contribution in [-0.2, 0) is 17.8 Å². The van der Waals surface area contributed by atoms with Crippen molar-refractivity contribution in [3.8, 4) is 0 Å². The fraction of sp³-hybridized carbons (Fsp3) is 0.263. The number of nitrogens with zero attached hydrogens (tertiary/aromatic N) is 2. The number of amides is 1. The predicted molar refractivity (Wildman–Crippen MR) is 99.9 cm³/mol. The van der Waals surface area contributed by atoms with Gasteiger partial charge in [-0.3, -0.25) is 4.79 Å². The minimum atomic E-state index is -0.256. The first-order valence-electron chi connectivity index (χ1n) is 8.18. The van der Waals surface area contributed by atoms with Crippen LogP contribution in [0.2, 0.25) is 5.02 Å². The molecule has 0 bridgehead atoms. The van der Waals surface area contributed by atoms with Crippen molar-refractivity contribution in [1.82, 2.24) is 9.88 Å². The topological polar surface area (TPSA) is 46.3 Å². The van der Waals surface area contributed by atoms with E-state index in [1.165, 1.54) is 22.9 Å². The van der Waals surface area contributed by atoms with E-state index >= 15 is 0 Å². The number of carbonyl (C=O) groups is 1. The number of aromatic nitrogens is 1. The van der Waals surface area contributed by atoms with Crippen LogP contribution in [0.4, 0.5) is 0 Å². The largest absolute Gasteiger partial charge is 0.431 e. The molecular formula is C19H17ClN2O2S. The monoisotopic (exact) mass is 372 g/mol. The van der Waals surface area contributed by atoms with Crippen LogP contribution < -0.4 is 0 Å². The lowest BCUT2D eigenvalue weighted by molar-refractivity contribution is -0.131. The third kappa shape index (κ3) is 3.39. The van der Waals surface area contributed by atoms with Gasteiger partial charge in [0, 0.05) is 18.1 Å². The van der Waals surface area contributed by atoms with E-state index in [4.69, 9.17) is 16.0 Å². The van der Waals surface area contributed by atoms with Crippen molar-refractivity contribution in [2.24, 2.45) is 0 Å². The summed E-state index contributed by atoms with van der Waals surface area (Å²) in [5.41, 5.74) is 3.96. The van der Waals surface area contributed by atoms with Gasteiger partial charge in [-0.25, -0.2) is 4.98 Å². The summed E-state index contributed by atoms with van der Waals surface area (Å²) in [6.07, 6.45) is 0.903. The van der Waals surface area contributed by atoms with E-state index < -0.39 is 0 Å². The Morgan fingerprint density at radius 2 is 2.08 bits per heavy atom. The second kappa shape index (κ2) is 6.73. The van der Waals surface area contributed by atoms with Gasteiger partial charge in [-0.15, -0.1) is 0 Å². The van der Waals surface area contributed by atoms with Crippen molar-refractivity contribution in [2.45, 2.75) is 30.4 Å². The minimum absolute atomic E-state index is 0.111. The van der Waals surface area contributed by atoms with Crippen LogP contribution >= 0.6 is 23.4 Å². The Labute approximate surface area is 155 Å². The molecule has 1 aromatic heterocycles. The Morgan fingerprint density at radius 1 is 1.28 bits per heavy atom. The summed E-state index contributed by atoms with van der Waals surface area (Å²) in [5, 5.41) is 0.859.